The molecule has 0 radical (unpaired) electrons. The van der Waals surface area contributed by atoms with E-state index < -0.39 is 6.10 Å². The molecule has 0 amide bonds. The normalized spacial score (nSPS) is 20.5. The van der Waals surface area contributed by atoms with Gasteiger partial charge >= 0.3 is 5.97 Å². The second-order valence-electron chi connectivity index (χ2n) is 9.42. The minimum atomic E-state index is -0.462. The van der Waals surface area contributed by atoms with Crippen LogP contribution in [0, 0.1) is 5.92 Å². The molecule has 36 heavy (non-hydrogen) atoms. The van der Waals surface area contributed by atoms with Gasteiger partial charge in [-0.3, -0.25) is 4.79 Å². The minimum absolute atomic E-state index is 0.0915. The van der Waals surface area contributed by atoms with Crippen LogP contribution in [0.1, 0.15) is 69.6 Å². The topological polar surface area (TPSA) is 115 Å². The van der Waals surface area contributed by atoms with Gasteiger partial charge in [0.15, 0.2) is 23.0 Å². The van der Waals surface area contributed by atoms with E-state index in [4.69, 9.17) is 18.9 Å². The smallest absolute Gasteiger partial charge is 0.302 e. The van der Waals surface area contributed by atoms with Crippen LogP contribution in [0.3, 0.4) is 0 Å². The Balaban J connectivity index is 1.92. The summed E-state index contributed by atoms with van der Waals surface area (Å²) in [4.78, 5) is 11.8. The van der Waals surface area contributed by atoms with Crippen molar-refractivity contribution in [2.24, 2.45) is 5.92 Å². The lowest BCUT2D eigenvalue weighted by Crippen LogP contribution is -2.39. The second kappa shape index (κ2) is 12.7. The number of carbonyl (C=O) groups excluding carboxylic acids is 1. The van der Waals surface area contributed by atoms with Gasteiger partial charge in [-0.05, 0) is 54.2 Å². The number of esters is 1. The Kier molecular flexibility index (Phi) is 9.70. The SMILES string of the molecule is CCCCC[C@H](Cc1ccc(O)c(OC)c1)[C@@H]1C[C@@H](OC(C)=O)C[C@@H](c2cc(O)c(O)c(OC)c2)O1. The van der Waals surface area contributed by atoms with Gasteiger partial charge in [-0.25, -0.2) is 0 Å². The Bertz CT molecular complexity index is 1020. The fourth-order valence-corrected chi connectivity index (χ4v) is 4.95. The van der Waals surface area contributed by atoms with Crippen LogP contribution >= 0.6 is 0 Å². The Labute approximate surface area is 212 Å². The van der Waals surface area contributed by atoms with E-state index in [-0.39, 0.29) is 47.1 Å². The third-order valence-corrected chi connectivity index (χ3v) is 6.76. The molecule has 0 spiro atoms. The maximum atomic E-state index is 11.8. The molecule has 2 aromatic carbocycles. The zero-order chi connectivity index (χ0) is 26.2. The Morgan fingerprint density at radius 2 is 1.78 bits per heavy atom. The maximum Gasteiger partial charge on any atom is 0.302 e. The average molecular weight is 503 g/mol. The zero-order valence-electron chi connectivity index (χ0n) is 21.5. The van der Waals surface area contributed by atoms with E-state index in [1.807, 2.05) is 12.1 Å². The summed E-state index contributed by atoms with van der Waals surface area (Å²) in [6.07, 6.45) is 4.81. The lowest BCUT2D eigenvalue weighted by Gasteiger charge is -2.39. The number of methoxy groups -OCH3 is 2. The summed E-state index contributed by atoms with van der Waals surface area (Å²) in [6, 6.07) is 8.47. The number of rotatable bonds is 11. The van der Waals surface area contributed by atoms with Gasteiger partial charge in [-0.1, -0.05) is 32.3 Å². The molecule has 2 aromatic rings. The van der Waals surface area contributed by atoms with E-state index >= 15 is 0 Å². The number of ether oxygens (including phenoxy) is 4. The number of aromatic hydroxyl groups is 3. The number of hydrogen-bond acceptors (Lipinski definition) is 8. The zero-order valence-corrected chi connectivity index (χ0v) is 21.5. The van der Waals surface area contributed by atoms with Gasteiger partial charge in [0.05, 0.1) is 26.4 Å². The summed E-state index contributed by atoms with van der Waals surface area (Å²) in [7, 11) is 2.94. The first kappa shape index (κ1) is 27.5. The van der Waals surface area contributed by atoms with Crippen molar-refractivity contribution >= 4 is 5.97 Å². The number of phenolic OH excluding ortho intramolecular Hbond substituents is 3. The summed E-state index contributed by atoms with van der Waals surface area (Å²) >= 11 is 0. The standard InChI is InChI=1S/C28H38O8/c1-5-6-7-8-19(11-18-9-10-22(30)26(12-18)33-3)24-15-21(35-17(2)29)16-25(36-24)20-13-23(31)28(32)27(14-20)34-4/h9-10,12-14,19,21,24-25,30-32H,5-8,11,15-16H2,1-4H3/t19-,21-,24+,25+/m1/s1. The summed E-state index contributed by atoms with van der Waals surface area (Å²) in [5.74, 6) is -0.190. The average Bonchev–Trinajstić information content (AvgIpc) is 2.85. The van der Waals surface area contributed by atoms with Crippen molar-refractivity contribution in [1.82, 2.24) is 0 Å². The lowest BCUT2D eigenvalue weighted by molar-refractivity contribution is -0.165. The van der Waals surface area contributed by atoms with E-state index in [0.717, 1.165) is 31.2 Å². The van der Waals surface area contributed by atoms with Gasteiger partial charge < -0.3 is 34.3 Å². The predicted octanol–water partition coefficient (Wildman–Crippen LogP) is 5.41. The van der Waals surface area contributed by atoms with Crippen molar-refractivity contribution < 1.29 is 39.1 Å². The third kappa shape index (κ3) is 6.97. The van der Waals surface area contributed by atoms with Gasteiger partial charge in [0, 0.05) is 19.8 Å². The largest absolute Gasteiger partial charge is 0.504 e. The molecule has 3 rings (SSSR count). The molecule has 1 aliphatic heterocycles. The summed E-state index contributed by atoms with van der Waals surface area (Å²) in [6.45, 7) is 3.56. The van der Waals surface area contributed by atoms with E-state index in [2.05, 4.69) is 6.92 Å². The molecule has 3 N–H and O–H groups in total. The highest BCUT2D eigenvalue weighted by atomic mass is 16.6. The molecule has 8 nitrogen and oxygen atoms in total. The van der Waals surface area contributed by atoms with Crippen molar-refractivity contribution in [3.63, 3.8) is 0 Å². The highest BCUT2D eigenvalue weighted by molar-refractivity contribution is 5.66. The Hall–Kier alpha value is -3.13. The molecule has 0 aromatic heterocycles. The minimum Gasteiger partial charge on any atom is -0.504 e. The summed E-state index contributed by atoms with van der Waals surface area (Å²) < 4.78 is 22.8. The van der Waals surface area contributed by atoms with Crippen LogP contribution in [0.15, 0.2) is 30.3 Å². The number of carbonyl (C=O) groups is 1. The van der Waals surface area contributed by atoms with E-state index in [1.54, 1.807) is 12.1 Å². The van der Waals surface area contributed by atoms with E-state index in [1.165, 1.54) is 27.2 Å². The molecule has 1 fully saturated rings. The first-order chi connectivity index (χ1) is 17.2. The Morgan fingerprint density at radius 3 is 2.44 bits per heavy atom. The Morgan fingerprint density at radius 1 is 1.03 bits per heavy atom. The summed E-state index contributed by atoms with van der Waals surface area (Å²) in [5.41, 5.74) is 1.66. The molecule has 4 atom stereocenters. The van der Waals surface area contributed by atoms with Crippen molar-refractivity contribution in [3.05, 3.63) is 41.5 Å². The van der Waals surface area contributed by atoms with Crippen LogP contribution in [0.2, 0.25) is 0 Å². The second-order valence-corrected chi connectivity index (χ2v) is 9.42. The molecule has 198 valence electrons. The van der Waals surface area contributed by atoms with Gasteiger partial charge in [0.1, 0.15) is 6.10 Å². The number of unbranched alkanes of at least 4 members (excludes halogenated alkanes) is 2. The molecule has 0 saturated carbocycles. The monoisotopic (exact) mass is 502 g/mol. The first-order valence-corrected chi connectivity index (χ1v) is 12.5. The van der Waals surface area contributed by atoms with Crippen LogP contribution < -0.4 is 9.47 Å². The fourth-order valence-electron chi connectivity index (χ4n) is 4.95. The molecule has 1 saturated heterocycles. The van der Waals surface area contributed by atoms with Crippen molar-refractivity contribution in [1.29, 1.82) is 0 Å². The van der Waals surface area contributed by atoms with Crippen LogP contribution in [-0.2, 0) is 20.7 Å². The number of benzene rings is 2. The predicted molar refractivity (Wildman–Crippen MR) is 135 cm³/mol. The third-order valence-electron chi connectivity index (χ3n) is 6.76. The lowest BCUT2D eigenvalue weighted by atomic mass is 9.83. The van der Waals surface area contributed by atoms with Crippen molar-refractivity contribution in [3.8, 4) is 28.7 Å². The first-order valence-electron chi connectivity index (χ1n) is 12.5. The van der Waals surface area contributed by atoms with Crippen LogP contribution in [0.4, 0.5) is 0 Å². The maximum absolute atomic E-state index is 11.8. The molecule has 0 aliphatic carbocycles. The van der Waals surface area contributed by atoms with Crippen LogP contribution in [-0.4, -0.2) is 47.7 Å². The van der Waals surface area contributed by atoms with Gasteiger partial charge in [0.2, 0.25) is 5.75 Å². The molecular formula is C28H38O8. The number of phenols is 3. The van der Waals surface area contributed by atoms with Crippen LogP contribution in [0.25, 0.3) is 0 Å². The fraction of sp³-hybridized carbons (Fsp3) is 0.536. The molecule has 8 heteroatoms. The van der Waals surface area contributed by atoms with E-state index in [9.17, 15) is 20.1 Å². The van der Waals surface area contributed by atoms with Crippen LogP contribution in [0.5, 0.6) is 28.7 Å². The quantitative estimate of drug-likeness (QED) is 0.212. The molecule has 1 heterocycles. The number of hydrogen-bond donors (Lipinski definition) is 3. The molecular weight excluding hydrogens is 464 g/mol. The van der Waals surface area contributed by atoms with Gasteiger partial charge in [0.25, 0.3) is 0 Å². The highest BCUT2D eigenvalue weighted by Crippen LogP contribution is 2.43. The van der Waals surface area contributed by atoms with E-state index in [0.29, 0.717) is 30.6 Å². The van der Waals surface area contributed by atoms with Crippen molar-refractivity contribution in [2.45, 2.75) is 77.1 Å². The molecule has 1 aliphatic rings. The molecule has 0 unspecified atom stereocenters. The molecule has 0 bridgehead atoms. The highest BCUT2D eigenvalue weighted by Gasteiger charge is 2.37. The van der Waals surface area contributed by atoms with Gasteiger partial charge in [-0.15, -0.1) is 0 Å². The summed E-state index contributed by atoms with van der Waals surface area (Å²) in [5, 5.41) is 30.3. The van der Waals surface area contributed by atoms with Crippen molar-refractivity contribution in [2.75, 3.05) is 14.2 Å². The van der Waals surface area contributed by atoms with Gasteiger partial charge in [-0.2, -0.15) is 0 Å².